The quantitative estimate of drug-likeness (QED) is 0.298. The zero-order valence-electron chi connectivity index (χ0n) is 17.8. The van der Waals surface area contributed by atoms with Gasteiger partial charge >= 0.3 is 0 Å². The molecule has 30 heavy (non-hydrogen) atoms. The molecule has 164 valence electrons. The molecule has 0 spiro atoms. The number of piperazine rings is 1. The molecule has 0 bridgehead atoms. The zero-order chi connectivity index (χ0) is 20.6. The molecular weight excluding hydrogens is 495 g/mol. The second kappa shape index (κ2) is 11.8. The number of aliphatic imine (C=N–C) groups is 1. The second-order valence-electron chi connectivity index (χ2n) is 7.42. The van der Waals surface area contributed by atoms with Gasteiger partial charge in [-0.05, 0) is 25.5 Å². The predicted octanol–water partition coefficient (Wildman–Crippen LogP) is 1.31. The van der Waals surface area contributed by atoms with E-state index in [1.807, 2.05) is 26.0 Å². The van der Waals surface area contributed by atoms with Crippen molar-refractivity contribution in [2.75, 3.05) is 39.8 Å². The molecule has 2 heterocycles. The number of carbonyl (C=O) groups excluding carboxylic acids is 1. The molecule has 1 aliphatic heterocycles. The monoisotopic (exact) mass is 526 g/mol. The van der Waals surface area contributed by atoms with Crippen molar-refractivity contribution in [3.63, 3.8) is 0 Å². The Labute approximate surface area is 194 Å². The smallest absolute Gasteiger partial charge is 0.234 e. The number of carbonyl (C=O) groups is 1. The summed E-state index contributed by atoms with van der Waals surface area (Å²) < 4.78 is 0. The molecule has 0 aliphatic carbocycles. The highest BCUT2D eigenvalue weighted by Gasteiger charge is 2.21. The summed E-state index contributed by atoms with van der Waals surface area (Å²) in [6.07, 6.45) is 1.51. The van der Waals surface area contributed by atoms with Crippen LogP contribution in [0.5, 0.6) is 0 Å². The Morgan fingerprint density at radius 2 is 2.03 bits per heavy atom. The minimum atomic E-state index is 0. The average molecular weight is 526 g/mol. The van der Waals surface area contributed by atoms with Gasteiger partial charge in [0.1, 0.15) is 6.33 Å². The number of nitrogens with one attached hydrogen (secondary N) is 3. The third kappa shape index (κ3) is 6.94. The molecule has 9 nitrogen and oxygen atoms in total. The summed E-state index contributed by atoms with van der Waals surface area (Å²) in [5, 5.41) is 13.2. The minimum absolute atomic E-state index is 0. The molecule has 1 amide bonds. The first-order chi connectivity index (χ1) is 14.0. The minimum Gasteiger partial charge on any atom is -0.353 e. The van der Waals surface area contributed by atoms with Crippen molar-refractivity contribution in [1.82, 2.24) is 35.6 Å². The number of amides is 1. The Morgan fingerprint density at radius 3 is 2.67 bits per heavy atom. The number of rotatable bonds is 6. The standard InChI is InChI=1S/C20H30N8O.HI/c1-15(2)25-18(29)13-27-7-9-28(10-8-27)20(21-3)22-12-16-5-4-6-17(11-16)19-23-14-24-26-19;/h4-6,11,14-15H,7-10,12-13H2,1-3H3,(H,21,22)(H,25,29)(H,23,24,26);1H. The number of nitrogens with zero attached hydrogens (tertiary/aromatic N) is 5. The van der Waals surface area contributed by atoms with E-state index in [4.69, 9.17) is 0 Å². The molecule has 0 radical (unpaired) electrons. The fraction of sp³-hybridized carbons (Fsp3) is 0.500. The van der Waals surface area contributed by atoms with Crippen molar-refractivity contribution in [2.45, 2.75) is 26.4 Å². The fourth-order valence-corrected chi connectivity index (χ4v) is 3.38. The van der Waals surface area contributed by atoms with Gasteiger partial charge in [-0.15, -0.1) is 24.0 Å². The molecule has 10 heteroatoms. The lowest BCUT2D eigenvalue weighted by Crippen LogP contribution is -2.54. The lowest BCUT2D eigenvalue weighted by atomic mass is 10.1. The van der Waals surface area contributed by atoms with Crippen LogP contribution in [0, 0.1) is 0 Å². The van der Waals surface area contributed by atoms with Gasteiger partial charge in [0, 0.05) is 51.4 Å². The molecule has 1 aliphatic rings. The van der Waals surface area contributed by atoms with Crippen molar-refractivity contribution in [1.29, 1.82) is 0 Å². The fourth-order valence-electron chi connectivity index (χ4n) is 3.38. The third-order valence-electron chi connectivity index (χ3n) is 4.77. The largest absolute Gasteiger partial charge is 0.353 e. The summed E-state index contributed by atoms with van der Waals surface area (Å²) in [6.45, 7) is 8.44. The first-order valence-corrected chi connectivity index (χ1v) is 9.97. The molecule has 1 aromatic carbocycles. The van der Waals surface area contributed by atoms with E-state index in [1.165, 1.54) is 6.33 Å². The molecule has 1 aromatic heterocycles. The van der Waals surface area contributed by atoms with Crippen molar-refractivity contribution >= 4 is 35.8 Å². The summed E-state index contributed by atoms with van der Waals surface area (Å²) in [5.41, 5.74) is 2.15. The maximum absolute atomic E-state index is 12.0. The maximum Gasteiger partial charge on any atom is 0.234 e. The van der Waals surface area contributed by atoms with E-state index in [2.05, 4.69) is 52.7 Å². The maximum atomic E-state index is 12.0. The van der Waals surface area contributed by atoms with Gasteiger partial charge in [0.2, 0.25) is 5.91 Å². The van der Waals surface area contributed by atoms with Crippen molar-refractivity contribution < 1.29 is 4.79 Å². The summed E-state index contributed by atoms with van der Waals surface area (Å²) in [6, 6.07) is 8.36. The highest BCUT2D eigenvalue weighted by Crippen LogP contribution is 2.15. The van der Waals surface area contributed by atoms with E-state index in [1.54, 1.807) is 7.05 Å². The van der Waals surface area contributed by atoms with Crippen LogP contribution in [0.4, 0.5) is 0 Å². The molecule has 3 N–H and O–H groups in total. The highest BCUT2D eigenvalue weighted by molar-refractivity contribution is 14.0. The molecule has 1 fully saturated rings. The van der Waals surface area contributed by atoms with Crippen LogP contribution < -0.4 is 10.6 Å². The SMILES string of the molecule is CN=C(NCc1cccc(-c2ncn[nH]2)c1)N1CCN(CC(=O)NC(C)C)CC1.I. The highest BCUT2D eigenvalue weighted by atomic mass is 127. The molecule has 0 atom stereocenters. The first-order valence-electron chi connectivity index (χ1n) is 9.97. The average Bonchev–Trinajstić information content (AvgIpc) is 3.24. The van der Waals surface area contributed by atoms with Crippen LogP contribution in [0.15, 0.2) is 35.6 Å². The van der Waals surface area contributed by atoms with Gasteiger partial charge in [0.05, 0.1) is 6.54 Å². The molecule has 0 unspecified atom stereocenters. The Balaban J connectivity index is 0.00000320. The number of benzene rings is 1. The van der Waals surface area contributed by atoms with Gasteiger partial charge in [-0.1, -0.05) is 18.2 Å². The lowest BCUT2D eigenvalue weighted by Gasteiger charge is -2.36. The number of hydrogen-bond acceptors (Lipinski definition) is 5. The molecular formula is C20H31IN8O. The second-order valence-corrected chi connectivity index (χ2v) is 7.42. The predicted molar refractivity (Wildman–Crippen MR) is 129 cm³/mol. The topological polar surface area (TPSA) is 102 Å². The number of H-pyrrole nitrogens is 1. The van der Waals surface area contributed by atoms with Crippen LogP contribution in [0.25, 0.3) is 11.4 Å². The normalized spacial score (nSPS) is 15.1. The van der Waals surface area contributed by atoms with Gasteiger partial charge < -0.3 is 15.5 Å². The summed E-state index contributed by atoms with van der Waals surface area (Å²) in [4.78, 5) is 25.0. The summed E-state index contributed by atoms with van der Waals surface area (Å²) >= 11 is 0. The van der Waals surface area contributed by atoms with Gasteiger partial charge in [-0.3, -0.25) is 19.8 Å². The van der Waals surface area contributed by atoms with Gasteiger partial charge in [0.15, 0.2) is 11.8 Å². The van der Waals surface area contributed by atoms with Crippen molar-refractivity contribution in [3.8, 4) is 11.4 Å². The van der Waals surface area contributed by atoms with E-state index in [-0.39, 0.29) is 35.9 Å². The Morgan fingerprint density at radius 1 is 1.27 bits per heavy atom. The van der Waals surface area contributed by atoms with Crippen molar-refractivity contribution in [2.24, 2.45) is 4.99 Å². The van der Waals surface area contributed by atoms with Crippen LogP contribution in [0.3, 0.4) is 0 Å². The van der Waals surface area contributed by atoms with E-state index < -0.39 is 0 Å². The van der Waals surface area contributed by atoms with Gasteiger partial charge in [-0.25, -0.2) is 4.98 Å². The number of halogens is 1. The molecule has 0 saturated carbocycles. The van der Waals surface area contributed by atoms with E-state index in [0.29, 0.717) is 13.1 Å². The van der Waals surface area contributed by atoms with Gasteiger partial charge in [-0.2, -0.15) is 5.10 Å². The van der Waals surface area contributed by atoms with Crippen LogP contribution in [-0.2, 0) is 11.3 Å². The molecule has 1 saturated heterocycles. The Hall–Kier alpha value is -2.21. The number of aromatic nitrogens is 3. The Bertz CT molecular complexity index is 816. The van der Waals surface area contributed by atoms with Crippen LogP contribution in [0.2, 0.25) is 0 Å². The molecule has 3 rings (SSSR count). The zero-order valence-corrected chi connectivity index (χ0v) is 20.1. The first kappa shape index (κ1) is 24.1. The Kier molecular flexibility index (Phi) is 9.50. The molecule has 2 aromatic rings. The van der Waals surface area contributed by atoms with Crippen molar-refractivity contribution in [3.05, 3.63) is 36.2 Å². The van der Waals surface area contributed by atoms with E-state index >= 15 is 0 Å². The van der Waals surface area contributed by atoms with Gasteiger partial charge in [0.25, 0.3) is 0 Å². The van der Waals surface area contributed by atoms with Crippen LogP contribution >= 0.6 is 24.0 Å². The van der Waals surface area contributed by atoms with Crippen LogP contribution in [0.1, 0.15) is 19.4 Å². The lowest BCUT2D eigenvalue weighted by molar-refractivity contribution is -0.123. The summed E-state index contributed by atoms with van der Waals surface area (Å²) in [7, 11) is 1.80. The number of hydrogen-bond donors (Lipinski definition) is 3. The van der Waals surface area contributed by atoms with E-state index in [0.717, 1.165) is 49.1 Å². The number of aromatic amines is 1. The third-order valence-corrected chi connectivity index (χ3v) is 4.77. The summed E-state index contributed by atoms with van der Waals surface area (Å²) in [5.74, 6) is 1.72. The van der Waals surface area contributed by atoms with E-state index in [9.17, 15) is 4.79 Å². The van der Waals surface area contributed by atoms with Crippen LogP contribution in [-0.4, -0.2) is 82.7 Å². The number of guanidine groups is 1.